The SMILES string of the molecule is CC(=O)CC(c1ccc(Cl)c(N)c1)C1CC1.Cc1ccc(S(=O)(=O)O)cc1. The van der Waals surface area contributed by atoms with Gasteiger partial charge in [0.2, 0.25) is 0 Å². The first-order valence-corrected chi connectivity index (χ1v) is 10.5. The zero-order chi connectivity index (χ0) is 20.2. The number of nitrogens with two attached hydrogens (primary N) is 1. The molecule has 0 radical (unpaired) electrons. The van der Waals surface area contributed by atoms with Gasteiger partial charge in [-0.05, 0) is 68.4 Å². The van der Waals surface area contributed by atoms with Gasteiger partial charge in [-0.25, -0.2) is 0 Å². The summed E-state index contributed by atoms with van der Waals surface area (Å²) < 4.78 is 29.6. The maximum atomic E-state index is 11.3. The average molecular weight is 410 g/mol. The van der Waals surface area contributed by atoms with Crippen molar-refractivity contribution >= 4 is 33.2 Å². The van der Waals surface area contributed by atoms with Gasteiger partial charge in [0.1, 0.15) is 5.78 Å². The molecule has 2 aromatic rings. The van der Waals surface area contributed by atoms with Crippen molar-refractivity contribution in [1.29, 1.82) is 0 Å². The maximum absolute atomic E-state index is 11.3. The third kappa shape index (κ3) is 6.65. The molecule has 0 amide bonds. The Morgan fingerprint density at radius 3 is 2.26 bits per heavy atom. The van der Waals surface area contributed by atoms with Crippen molar-refractivity contribution in [3.8, 4) is 0 Å². The molecule has 7 heteroatoms. The average Bonchev–Trinajstić information content (AvgIpc) is 3.40. The fourth-order valence-corrected chi connectivity index (χ4v) is 3.47. The van der Waals surface area contributed by atoms with Crippen molar-refractivity contribution in [3.05, 3.63) is 58.6 Å². The molecule has 3 rings (SSSR count). The van der Waals surface area contributed by atoms with Gasteiger partial charge < -0.3 is 10.5 Å². The lowest BCUT2D eigenvalue weighted by Crippen LogP contribution is -2.07. The largest absolute Gasteiger partial charge is 0.398 e. The Morgan fingerprint density at radius 2 is 1.81 bits per heavy atom. The fourth-order valence-electron chi connectivity index (χ4n) is 2.87. The molecule has 27 heavy (non-hydrogen) atoms. The van der Waals surface area contributed by atoms with E-state index in [4.69, 9.17) is 21.9 Å². The Labute approximate surface area is 165 Å². The van der Waals surface area contributed by atoms with Crippen molar-refractivity contribution < 1.29 is 17.8 Å². The summed E-state index contributed by atoms with van der Waals surface area (Å²) in [5.41, 5.74) is 8.51. The number of aryl methyl sites for hydroxylation is 1. The van der Waals surface area contributed by atoms with Gasteiger partial charge in [0.25, 0.3) is 10.1 Å². The highest BCUT2D eigenvalue weighted by molar-refractivity contribution is 7.85. The van der Waals surface area contributed by atoms with Crippen LogP contribution < -0.4 is 5.73 Å². The highest BCUT2D eigenvalue weighted by Gasteiger charge is 2.33. The molecule has 0 heterocycles. The zero-order valence-electron chi connectivity index (χ0n) is 15.4. The van der Waals surface area contributed by atoms with Gasteiger partial charge >= 0.3 is 0 Å². The molecule has 0 spiro atoms. The molecule has 1 aliphatic rings. The molecular weight excluding hydrogens is 386 g/mol. The van der Waals surface area contributed by atoms with Crippen LogP contribution in [0.2, 0.25) is 5.02 Å². The molecule has 0 saturated heterocycles. The molecule has 1 saturated carbocycles. The normalized spacial score (nSPS) is 14.8. The third-order valence-corrected chi connectivity index (χ3v) is 5.68. The molecular formula is C20H24ClNO4S. The van der Waals surface area contributed by atoms with E-state index in [2.05, 4.69) is 0 Å². The van der Waals surface area contributed by atoms with Crippen LogP contribution in [0.25, 0.3) is 0 Å². The Kier molecular flexibility index (Phi) is 7.03. The van der Waals surface area contributed by atoms with E-state index >= 15 is 0 Å². The van der Waals surface area contributed by atoms with Crippen LogP contribution in [0.4, 0.5) is 5.69 Å². The molecule has 3 N–H and O–H groups in total. The first-order chi connectivity index (χ1) is 12.6. The monoisotopic (exact) mass is 409 g/mol. The van der Waals surface area contributed by atoms with Crippen LogP contribution in [-0.2, 0) is 14.9 Å². The molecule has 1 atom stereocenters. The van der Waals surface area contributed by atoms with E-state index in [1.807, 2.05) is 25.1 Å². The zero-order valence-corrected chi connectivity index (χ0v) is 16.9. The van der Waals surface area contributed by atoms with Gasteiger partial charge in [0, 0.05) is 6.42 Å². The van der Waals surface area contributed by atoms with Crippen molar-refractivity contribution in [1.82, 2.24) is 0 Å². The summed E-state index contributed by atoms with van der Waals surface area (Å²) in [6, 6.07) is 11.7. The number of benzene rings is 2. The van der Waals surface area contributed by atoms with Gasteiger partial charge in [-0.3, -0.25) is 4.55 Å². The van der Waals surface area contributed by atoms with Crippen LogP contribution >= 0.6 is 11.6 Å². The van der Waals surface area contributed by atoms with E-state index in [9.17, 15) is 13.2 Å². The summed E-state index contributed by atoms with van der Waals surface area (Å²) >= 11 is 5.89. The quantitative estimate of drug-likeness (QED) is 0.553. The van der Waals surface area contributed by atoms with Crippen molar-refractivity contribution in [2.24, 2.45) is 5.92 Å². The highest BCUT2D eigenvalue weighted by Crippen LogP contribution is 2.45. The minimum absolute atomic E-state index is 0.0666. The second kappa shape index (κ2) is 8.87. The molecule has 146 valence electrons. The molecule has 2 aromatic carbocycles. The number of nitrogen functional groups attached to an aromatic ring is 1. The number of carbonyl (C=O) groups excluding carboxylic acids is 1. The van der Waals surface area contributed by atoms with E-state index in [1.54, 1.807) is 19.1 Å². The topological polar surface area (TPSA) is 97.5 Å². The second-order valence-corrected chi connectivity index (χ2v) is 8.75. The summed E-state index contributed by atoms with van der Waals surface area (Å²) in [5.74, 6) is 1.23. The summed E-state index contributed by atoms with van der Waals surface area (Å²) in [5, 5.41) is 0.584. The lowest BCUT2D eigenvalue weighted by molar-refractivity contribution is -0.117. The number of carbonyl (C=O) groups is 1. The molecule has 1 aliphatic carbocycles. The molecule has 0 bridgehead atoms. The first kappa shape index (κ1) is 21.4. The van der Waals surface area contributed by atoms with E-state index in [0.29, 0.717) is 29.0 Å². The summed E-state index contributed by atoms with van der Waals surface area (Å²) in [6.07, 6.45) is 3.06. The van der Waals surface area contributed by atoms with E-state index in [1.165, 1.54) is 25.0 Å². The molecule has 1 unspecified atom stereocenters. The van der Waals surface area contributed by atoms with Crippen LogP contribution in [-0.4, -0.2) is 18.8 Å². The Hall–Kier alpha value is -1.89. The number of hydrogen-bond donors (Lipinski definition) is 2. The van der Waals surface area contributed by atoms with Crippen LogP contribution in [0.5, 0.6) is 0 Å². The highest BCUT2D eigenvalue weighted by atomic mass is 35.5. The van der Waals surface area contributed by atoms with E-state index in [0.717, 1.165) is 11.1 Å². The Balaban J connectivity index is 0.000000208. The van der Waals surface area contributed by atoms with Gasteiger partial charge in [-0.1, -0.05) is 35.4 Å². The van der Waals surface area contributed by atoms with Crippen LogP contribution in [0.15, 0.2) is 47.4 Å². The second-order valence-electron chi connectivity index (χ2n) is 6.92. The maximum Gasteiger partial charge on any atom is 0.294 e. The van der Waals surface area contributed by atoms with Gasteiger partial charge in [-0.2, -0.15) is 8.42 Å². The number of Topliss-reactive ketones (excluding diaryl/α,β-unsaturated/α-hetero) is 1. The number of rotatable bonds is 5. The van der Waals surface area contributed by atoms with Crippen molar-refractivity contribution in [2.75, 3.05) is 5.73 Å². The number of halogens is 1. The molecule has 5 nitrogen and oxygen atoms in total. The first-order valence-electron chi connectivity index (χ1n) is 8.66. The Morgan fingerprint density at radius 1 is 1.22 bits per heavy atom. The van der Waals surface area contributed by atoms with E-state index < -0.39 is 10.1 Å². The summed E-state index contributed by atoms with van der Waals surface area (Å²) in [6.45, 7) is 3.49. The predicted molar refractivity (Wildman–Crippen MR) is 108 cm³/mol. The van der Waals surface area contributed by atoms with Crippen LogP contribution in [0.3, 0.4) is 0 Å². The van der Waals surface area contributed by atoms with Crippen LogP contribution in [0, 0.1) is 12.8 Å². The molecule has 0 aliphatic heterocycles. The van der Waals surface area contributed by atoms with Crippen LogP contribution in [0.1, 0.15) is 43.2 Å². The lowest BCUT2D eigenvalue weighted by atomic mass is 9.89. The van der Waals surface area contributed by atoms with Crippen molar-refractivity contribution in [3.63, 3.8) is 0 Å². The minimum Gasteiger partial charge on any atom is -0.398 e. The number of hydrogen-bond acceptors (Lipinski definition) is 4. The molecule has 1 fully saturated rings. The number of anilines is 1. The predicted octanol–water partition coefficient (Wildman–Crippen LogP) is 4.64. The Bertz CT molecular complexity index is 906. The van der Waals surface area contributed by atoms with E-state index in [-0.39, 0.29) is 10.7 Å². The summed E-state index contributed by atoms with van der Waals surface area (Å²) in [7, 11) is -4.02. The molecule has 0 aromatic heterocycles. The fraction of sp³-hybridized carbons (Fsp3) is 0.350. The lowest BCUT2D eigenvalue weighted by Gasteiger charge is -2.16. The van der Waals surface area contributed by atoms with Gasteiger partial charge in [0.05, 0.1) is 15.6 Å². The third-order valence-electron chi connectivity index (χ3n) is 4.47. The minimum atomic E-state index is -4.02. The smallest absolute Gasteiger partial charge is 0.294 e. The summed E-state index contributed by atoms with van der Waals surface area (Å²) in [4.78, 5) is 11.2. The van der Waals surface area contributed by atoms with Crippen molar-refractivity contribution in [2.45, 2.75) is 43.9 Å². The van der Waals surface area contributed by atoms with Gasteiger partial charge in [0.15, 0.2) is 0 Å². The standard InChI is InChI=1S/C13H16ClNO.C7H8O3S/c1-8(16)6-11(9-2-3-9)10-4-5-12(14)13(15)7-10;1-6-2-4-7(5-3-6)11(8,9)10/h4-5,7,9,11H,2-3,6,15H2,1H3;2-5H,1H3,(H,8,9,10). The number of ketones is 1. The van der Waals surface area contributed by atoms with Gasteiger partial charge in [-0.15, -0.1) is 0 Å².